The van der Waals surface area contributed by atoms with E-state index in [0.717, 1.165) is 0 Å². The zero-order valence-corrected chi connectivity index (χ0v) is 9.52. The van der Waals surface area contributed by atoms with Gasteiger partial charge in [0.1, 0.15) is 29.7 Å². The molecule has 0 saturated heterocycles. The lowest BCUT2D eigenvalue weighted by Gasteiger charge is -2.07. The highest BCUT2D eigenvalue weighted by molar-refractivity contribution is 5.68. The smallest absolute Gasteiger partial charge is 0.298 e. The minimum Gasteiger partial charge on any atom is -0.337 e. The summed E-state index contributed by atoms with van der Waals surface area (Å²) in [4.78, 5) is 9.64. The number of rotatable bonds is 3. The van der Waals surface area contributed by atoms with Crippen LogP contribution in [-0.2, 0) is 0 Å². The van der Waals surface area contributed by atoms with Gasteiger partial charge in [-0.05, 0) is 0 Å². The number of nitro groups is 1. The number of hydrogen-bond acceptors (Lipinski definition) is 6. The number of nitro benzene ring substituents is 1. The molecule has 0 radical (unpaired) electrons. The predicted octanol–water partition coefficient (Wildman–Crippen LogP) is 2.11. The molecule has 0 heterocycles. The van der Waals surface area contributed by atoms with Crippen LogP contribution >= 0.6 is 0 Å². The number of benzene rings is 1. The monoisotopic (exact) mass is 275 g/mol. The molecule has 0 spiro atoms. The molecule has 0 fully saturated rings. The van der Waals surface area contributed by atoms with Crippen molar-refractivity contribution in [1.29, 1.82) is 15.8 Å². The highest BCUT2D eigenvalue weighted by Gasteiger charge is 2.22. The molecule has 0 aliphatic carbocycles. The summed E-state index contributed by atoms with van der Waals surface area (Å²) in [5.41, 5.74) is -3.14. The summed E-state index contributed by atoms with van der Waals surface area (Å²) in [6.45, 7) is 0. The van der Waals surface area contributed by atoms with E-state index in [1.54, 1.807) is 0 Å². The minimum absolute atomic E-state index is 0.364. The van der Waals surface area contributed by atoms with Crippen LogP contribution in [0.2, 0.25) is 0 Å². The van der Waals surface area contributed by atoms with Crippen LogP contribution in [0.5, 0.6) is 0 Å². The molecule has 0 aliphatic rings. The van der Waals surface area contributed by atoms with Gasteiger partial charge in [-0.15, -0.1) is 0 Å². The SMILES string of the molecule is N#CC(C#N)=C(C#N)Nc1c(F)cc(F)cc1[N+](=O)[O-]. The van der Waals surface area contributed by atoms with E-state index in [1.165, 1.54) is 18.2 Å². The predicted molar refractivity (Wildman–Crippen MR) is 60.5 cm³/mol. The van der Waals surface area contributed by atoms with Gasteiger partial charge in [-0.3, -0.25) is 10.1 Å². The van der Waals surface area contributed by atoms with Gasteiger partial charge in [0.05, 0.1) is 11.0 Å². The van der Waals surface area contributed by atoms with Crippen LogP contribution in [-0.4, -0.2) is 4.92 Å². The Bertz CT molecular complexity index is 721. The van der Waals surface area contributed by atoms with E-state index in [9.17, 15) is 18.9 Å². The molecule has 0 atom stereocenters. The van der Waals surface area contributed by atoms with Gasteiger partial charge in [-0.25, -0.2) is 8.78 Å². The molecule has 1 rings (SSSR count). The first-order valence-electron chi connectivity index (χ1n) is 4.79. The third kappa shape index (κ3) is 2.84. The summed E-state index contributed by atoms with van der Waals surface area (Å²) < 4.78 is 26.5. The van der Waals surface area contributed by atoms with E-state index in [-0.39, 0.29) is 0 Å². The molecule has 0 unspecified atom stereocenters. The number of nitriles is 3. The Kier molecular flexibility index (Phi) is 4.29. The molecule has 0 bridgehead atoms. The van der Waals surface area contributed by atoms with Crippen molar-refractivity contribution in [2.45, 2.75) is 0 Å². The molecule has 9 heteroatoms. The lowest BCUT2D eigenvalue weighted by molar-refractivity contribution is -0.384. The maximum atomic E-state index is 13.5. The molecule has 1 aromatic carbocycles. The molecule has 98 valence electrons. The summed E-state index contributed by atoms with van der Waals surface area (Å²) >= 11 is 0. The Morgan fingerprint density at radius 2 is 1.80 bits per heavy atom. The Hall–Kier alpha value is -3.51. The molecular formula is C11H3F2N5O2. The average Bonchev–Trinajstić information content (AvgIpc) is 2.40. The largest absolute Gasteiger partial charge is 0.337 e. The fourth-order valence-corrected chi connectivity index (χ4v) is 1.24. The van der Waals surface area contributed by atoms with E-state index in [1.807, 2.05) is 5.32 Å². The Morgan fingerprint density at radius 3 is 2.25 bits per heavy atom. The Morgan fingerprint density at radius 1 is 1.20 bits per heavy atom. The average molecular weight is 275 g/mol. The molecule has 1 aromatic rings. The number of hydrogen-bond donors (Lipinski definition) is 1. The number of nitrogens with one attached hydrogen (secondary N) is 1. The minimum atomic E-state index is -1.33. The second-order valence-corrected chi connectivity index (χ2v) is 3.25. The van der Waals surface area contributed by atoms with Crippen molar-refractivity contribution in [3.8, 4) is 18.2 Å². The van der Waals surface area contributed by atoms with Gasteiger partial charge in [0.2, 0.25) is 0 Å². The summed E-state index contributed by atoms with van der Waals surface area (Å²) in [7, 11) is 0. The molecule has 20 heavy (non-hydrogen) atoms. The summed E-state index contributed by atoms with van der Waals surface area (Å²) in [5.74, 6) is -2.51. The van der Waals surface area contributed by atoms with Crippen LogP contribution in [0.3, 0.4) is 0 Å². The summed E-state index contributed by atoms with van der Waals surface area (Å²) in [5, 5.41) is 38.6. The standard InChI is InChI=1S/C11H3F2N5O2/c12-7-1-8(13)11(10(2-7)18(19)20)17-9(5-16)6(3-14)4-15/h1-2,17H. The third-order valence-corrected chi connectivity index (χ3v) is 2.07. The molecule has 0 saturated carbocycles. The maximum absolute atomic E-state index is 13.5. The Balaban J connectivity index is 3.48. The van der Waals surface area contributed by atoms with Crippen LogP contribution in [0.15, 0.2) is 23.4 Å². The second-order valence-electron chi connectivity index (χ2n) is 3.25. The maximum Gasteiger partial charge on any atom is 0.298 e. The van der Waals surface area contributed by atoms with E-state index in [2.05, 4.69) is 0 Å². The van der Waals surface area contributed by atoms with E-state index in [4.69, 9.17) is 15.8 Å². The normalized spacial score (nSPS) is 8.75. The molecule has 0 aliphatic heterocycles. The number of anilines is 1. The molecule has 0 aromatic heterocycles. The van der Waals surface area contributed by atoms with Crippen molar-refractivity contribution in [2.75, 3.05) is 5.32 Å². The van der Waals surface area contributed by atoms with E-state index < -0.39 is 39.2 Å². The fraction of sp³-hybridized carbons (Fsp3) is 0. The van der Waals surface area contributed by atoms with Crippen molar-refractivity contribution >= 4 is 11.4 Å². The lowest BCUT2D eigenvalue weighted by Crippen LogP contribution is -2.06. The van der Waals surface area contributed by atoms with Gasteiger partial charge in [0.15, 0.2) is 17.1 Å². The molecular weight excluding hydrogens is 272 g/mol. The number of allylic oxidation sites excluding steroid dienone is 2. The lowest BCUT2D eigenvalue weighted by atomic mass is 10.2. The van der Waals surface area contributed by atoms with Gasteiger partial charge in [-0.1, -0.05) is 0 Å². The van der Waals surface area contributed by atoms with E-state index in [0.29, 0.717) is 12.1 Å². The third-order valence-electron chi connectivity index (χ3n) is 2.07. The van der Waals surface area contributed by atoms with Crippen LogP contribution in [0.4, 0.5) is 20.2 Å². The topological polar surface area (TPSA) is 127 Å². The van der Waals surface area contributed by atoms with Crippen LogP contribution in [0.1, 0.15) is 0 Å². The van der Waals surface area contributed by atoms with Crippen molar-refractivity contribution < 1.29 is 13.7 Å². The first-order chi connectivity index (χ1) is 9.44. The highest BCUT2D eigenvalue weighted by atomic mass is 19.1. The Labute approximate surface area is 110 Å². The summed E-state index contributed by atoms with van der Waals surface area (Å²) in [6.07, 6.45) is 0. The quantitative estimate of drug-likeness (QED) is 0.511. The van der Waals surface area contributed by atoms with Crippen LogP contribution < -0.4 is 5.32 Å². The van der Waals surface area contributed by atoms with Crippen molar-refractivity contribution in [3.05, 3.63) is 45.2 Å². The van der Waals surface area contributed by atoms with Gasteiger partial charge >= 0.3 is 0 Å². The first kappa shape index (κ1) is 14.6. The van der Waals surface area contributed by atoms with Crippen molar-refractivity contribution in [2.24, 2.45) is 0 Å². The highest BCUT2D eigenvalue weighted by Crippen LogP contribution is 2.30. The van der Waals surface area contributed by atoms with Crippen LogP contribution in [0, 0.1) is 55.7 Å². The van der Waals surface area contributed by atoms with Crippen molar-refractivity contribution in [3.63, 3.8) is 0 Å². The number of nitrogens with zero attached hydrogens (tertiary/aromatic N) is 4. The fourth-order valence-electron chi connectivity index (χ4n) is 1.24. The zero-order chi connectivity index (χ0) is 15.3. The summed E-state index contributed by atoms with van der Waals surface area (Å²) in [6, 6.07) is 4.95. The first-order valence-corrected chi connectivity index (χ1v) is 4.79. The second kappa shape index (κ2) is 5.89. The molecule has 1 N–H and O–H groups in total. The van der Waals surface area contributed by atoms with Crippen LogP contribution in [0.25, 0.3) is 0 Å². The molecule has 7 nitrogen and oxygen atoms in total. The molecule has 0 amide bonds. The number of halogens is 2. The van der Waals surface area contributed by atoms with Gasteiger partial charge in [0.25, 0.3) is 5.69 Å². The zero-order valence-electron chi connectivity index (χ0n) is 9.52. The van der Waals surface area contributed by atoms with Crippen molar-refractivity contribution in [1.82, 2.24) is 0 Å². The van der Waals surface area contributed by atoms with Gasteiger partial charge in [-0.2, -0.15) is 15.8 Å². The van der Waals surface area contributed by atoms with Gasteiger partial charge < -0.3 is 5.32 Å². The van der Waals surface area contributed by atoms with E-state index >= 15 is 0 Å². The van der Waals surface area contributed by atoms with Gasteiger partial charge in [0, 0.05) is 6.07 Å².